The minimum absolute atomic E-state index is 0.0408. The Labute approximate surface area is 134 Å². The molecule has 6 heteroatoms. The van der Waals surface area contributed by atoms with Gasteiger partial charge in [0, 0.05) is 26.1 Å². The van der Waals surface area contributed by atoms with Gasteiger partial charge in [-0.15, -0.1) is 0 Å². The zero-order chi connectivity index (χ0) is 16.6. The molecular weight excluding hydrogens is 284 g/mol. The molecule has 1 amide bonds. The van der Waals surface area contributed by atoms with Crippen LogP contribution in [0.5, 0.6) is 0 Å². The van der Waals surface area contributed by atoms with Crippen molar-refractivity contribution in [1.82, 2.24) is 10.4 Å². The molecular formula is C16H33N2O4-. The molecule has 0 bridgehead atoms. The molecule has 6 nitrogen and oxygen atoms in total. The molecule has 0 fully saturated rings. The fraction of sp³-hybridized carbons (Fsp3) is 0.938. The Morgan fingerprint density at radius 1 is 1.05 bits per heavy atom. The van der Waals surface area contributed by atoms with Crippen LogP contribution in [0.1, 0.15) is 71.1 Å². The number of hydrogen-bond acceptors (Lipinski definition) is 5. The summed E-state index contributed by atoms with van der Waals surface area (Å²) in [5, 5.41) is 31.5. The summed E-state index contributed by atoms with van der Waals surface area (Å²) in [6.45, 7) is 2.18. The molecule has 3 N–H and O–H groups in total. The average molecular weight is 317 g/mol. The highest BCUT2D eigenvalue weighted by Gasteiger charge is 2.02. The summed E-state index contributed by atoms with van der Waals surface area (Å²) in [7, 11) is 0. The Hall–Kier alpha value is -0.690. The van der Waals surface area contributed by atoms with Gasteiger partial charge in [-0.3, -0.25) is 4.79 Å². The van der Waals surface area contributed by atoms with Gasteiger partial charge >= 0.3 is 0 Å². The molecule has 0 atom stereocenters. The van der Waals surface area contributed by atoms with Crippen molar-refractivity contribution < 1.29 is 15.0 Å². The number of rotatable bonds is 15. The number of nitrogens with one attached hydrogen (secondary N) is 1. The van der Waals surface area contributed by atoms with Gasteiger partial charge < -0.3 is 25.8 Å². The second-order valence-corrected chi connectivity index (χ2v) is 5.80. The van der Waals surface area contributed by atoms with E-state index in [1.165, 1.54) is 44.9 Å². The lowest BCUT2D eigenvalue weighted by Crippen LogP contribution is -2.35. The Kier molecular flexibility index (Phi) is 14.7. The lowest BCUT2D eigenvalue weighted by Gasteiger charge is -2.28. The minimum atomic E-state index is -1.63. The molecule has 0 saturated heterocycles. The highest BCUT2D eigenvalue weighted by Crippen LogP contribution is 2.10. The molecule has 0 unspecified atom stereocenters. The highest BCUT2D eigenvalue weighted by atomic mass is 16.5. The predicted molar refractivity (Wildman–Crippen MR) is 88.0 cm³/mol. The zero-order valence-electron chi connectivity index (χ0n) is 13.9. The van der Waals surface area contributed by atoms with E-state index in [0.717, 1.165) is 12.8 Å². The van der Waals surface area contributed by atoms with Gasteiger partial charge in [-0.1, -0.05) is 58.3 Å². The molecule has 0 aromatic carbocycles. The van der Waals surface area contributed by atoms with Gasteiger partial charge in [0.15, 0.2) is 6.29 Å². The van der Waals surface area contributed by atoms with E-state index in [1.807, 2.05) is 0 Å². The van der Waals surface area contributed by atoms with Crippen molar-refractivity contribution in [2.45, 2.75) is 77.4 Å². The number of carbonyl (C=O) groups excluding carboxylic acids is 1. The number of carbonyl (C=O) groups is 1. The summed E-state index contributed by atoms with van der Waals surface area (Å²) in [5.41, 5.74) is 0. The van der Waals surface area contributed by atoms with Crippen molar-refractivity contribution in [2.75, 3.05) is 19.6 Å². The van der Waals surface area contributed by atoms with Gasteiger partial charge in [0.2, 0.25) is 5.91 Å². The van der Waals surface area contributed by atoms with Crippen molar-refractivity contribution in [3.8, 4) is 0 Å². The number of amides is 1. The number of hydroxylamine groups is 2. The Morgan fingerprint density at radius 2 is 1.59 bits per heavy atom. The van der Waals surface area contributed by atoms with Gasteiger partial charge in [-0.05, 0) is 6.42 Å². The summed E-state index contributed by atoms with van der Waals surface area (Å²) in [5.74, 6) is -0.0408. The van der Waals surface area contributed by atoms with Crippen molar-refractivity contribution in [3.05, 3.63) is 5.21 Å². The van der Waals surface area contributed by atoms with E-state index < -0.39 is 6.29 Å². The molecule has 0 rings (SSSR count). The fourth-order valence-corrected chi connectivity index (χ4v) is 2.28. The maximum Gasteiger partial charge on any atom is 0.220 e. The second-order valence-electron chi connectivity index (χ2n) is 5.80. The van der Waals surface area contributed by atoms with E-state index in [1.54, 1.807) is 0 Å². The summed E-state index contributed by atoms with van der Waals surface area (Å²) in [4.78, 5) is 11.5. The van der Waals surface area contributed by atoms with Gasteiger partial charge in [0.1, 0.15) is 0 Å². The third-order valence-corrected chi connectivity index (χ3v) is 3.56. The lowest BCUT2D eigenvalue weighted by atomic mass is 10.1. The molecule has 0 aromatic rings. The van der Waals surface area contributed by atoms with Crippen LogP contribution < -0.4 is 5.32 Å². The van der Waals surface area contributed by atoms with Crippen LogP contribution in [0, 0.1) is 5.21 Å². The van der Waals surface area contributed by atoms with Crippen LogP contribution in [0.4, 0.5) is 0 Å². The van der Waals surface area contributed by atoms with E-state index in [4.69, 9.17) is 10.2 Å². The summed E-state index contributed by atoms with van der Waals surface area (Å²) in [6, 6.07) is 0. The maximum atomic E-state index is 11.5. The molecule has 22 heavy (non-hydrogen) atoms. The Bertz CT molecular complexity index is 263. The van der Waals surface area contributed by atoms with E-state index in [-0.39, 0.29) is 25.5 Å². The van der Waals surface area contributed by atoms with Crippen LogP contribution in [0.15, 0.2) is 0 Å². The van der Waals surface area contributed by atoms with Crippen LogP contribution in [0.2, 0.25) is 0 Å². The van der Waals surface area contributed by atoms with Crippen LogP contribution in [0.3, 0.4) is 0 Å². The lowest BCUT2D eigenvalue weighted by molar-refractivity contribution is -0.121. The van der Waals surface area contributed by atoms with Crippen LogP contribution >= 0.6 is 0 Å². The number of aliphatic hydroxyl groups excluding tert-OH is 1. The van der Waals surface area contributed by atoms with Gasteiger partial charge in [0.05, 0.1) is 0 Å². The van der Waals surface area contributed by atoms with Crippen molar-refractivity contribution >= 4 is 5.91 Å². The average Bonchev–Trinajstić information content (AvgIpc) is 2.44. The Morgan fingerprint density at radius 3 is 2.14 bits per heavy atom. The molecule has 0 heterocycles. The maximum absolute atomic E-state index is 11.5. The van der Waals surface area contributed by atoms with Crippen molar-refractivity contribution in [2.24, 2.45) is 0 Å². The van der Waals surface area contributed by atoms with Crippen molar-refractivity contribution in [1.29, 1.82) is 0 Å². The van der Waals surface area contributed by atoms with Gasteiger partial charge in [0.25, 0.3) is 0 Å². The molecule has 0 aliphatic rings. The number of unbranched alkanes of at least 4 members (excludes halogenated alkanes) is 8. The number of hydrogen-bond donors (Lipinski definition) is 3. The van der Waals surface area contributed by atoms with Gasteiger partial charge in [-0.25, -0.2) is 0 Å². The smallest absolute Gasteiger partial charge is 0.220 e. The first-order chi connectivity index (χ1) is 10.6. The molecule has 132 valence electrons. The molecule has 0 spiro atoms. The SMILES string of the molecule is CCCCCCCCCCCC(=O)NCCN([O-])CC(O)O. The van der Waals surface area contributed by atoms with Crippen LogP contribution in [-0.4, -0.2) is 47.1 Å². The zero-order valence-corrected chi connectivity index (χ0v) is 13.9. The highest BCUT2D eigenvalue weighted by molar-refractivity contribution is 5.75. The number of aliphatic hydroxyl groups is 2. The monoisotopic (exact) mass is 317 g/mol. The summed E-state index contributed by atoms with van der Waals surface area (Å²) in [6.07, 6.45) is 9.82. The largest absolute Gasteiger partial charge is 0.785 e. The molecule has 0 aromatic heterocycles. The fourth-order valence-electron chi connectivity index (χ4n) is 2.28. The van der Waals surface area contributed by atoms with E-state index >= 15 is 0 Å². The van der Waals surface area contributed by atoms with Crippen molar-refractivity contribution in [3.63, 3.8) is 0 Å². The molecule has 0 aliphatic carbocycles. The molecule has 0 saturated carbocycles. The first kappa shape index (κ1) is 21.3. The van der Waals surface area contributed by atoms with Crippen LogP contribution in [0.25, 0.3) is 0 Å². The first-order valence-corrected chi connectivity index (χ1v) is 8.61. The van der Waals surface area contributed by atoms with E-state index in [9.17, 15) is 10.0 Å². The quantitative estimate of drug-likeness (QED) is 0.244. The first-order valence-electron chi connectivity index (χ1n) is 8.61. The van der Waals surface area contributed by atoms with E-state index in [2.05, 4.69) is 12.2 Å². The summed E-state index contributed by atoms with van der Waals surface area (Å²) < 4.78 is 0. The van der Waals surface area contributed by atoms with Crippen LogP contribution in [-0.2, 0) is 4.79 Å². The Balaban J connectivity index is 3.29. The third-order valence-electron chi connectivity index (χ3n) is 3.56. The minimum Gasteiger partial charge on any atom is -0.785 e. The third kappa shape index (κ3) is 15.7. The van der Waals surface area contributed by atoms with E-state index in [0.29, 0.717) is 11.5 Å². The molecule has 0 aliphatic heterocycles. The number of nitrogens with zero attached hydrogens (tertiary/aromatic N) is 1. The molecule has 0 radical (unpaired) electrons. The van der Waals surface area contributed by atoms with Gasteiger partial charge in [-0.2, -0.15) is 0 Å². The summed E-state index contributed by atoms with van der Waals surface area (Å²) >= 11 is 0. The standard InChI is InChI=1S/C16H33N2O4/c1-2-3-4-5-6-7-8-9-10-11-15(19)17-12-13-18(22)14-16(20)21/h16,20-21H,2-14H2,1H3,(H,17,19)/q-1. The second kappa shape index (κ2) is 15.2. The predicted octanol–water partition coefficient (Wildman–Crippen LogP) is 2.13. The normalized spacial score (nSPS) is 11.4. The topological polar surface area (TPSA) is 95.9 Å².